The summed E-state index contributed by atoms with van der Waals surface area (Å²) in [5.74, 6) is -0.775. The van der Waals surface area contributed by atoms with Gasteiger partial charge in [0, 0.05) is 45.7 Å². The molecule has 0 atom stereocenters. The molecule has 0 unspecified atom stereocenters. The second kappa shape index (κ2) is 23.0. The van der Waals surface area contributed by atoms with E-state index in [9.17, 15) is 19.6 Å². The third-order valence-corrected chi connectivity index (χ3v) is 8.15. The van der Waals surface area contributed by atoms with E-state index in [0.717, 1.165) is 6.42 Å². The molecular formula is C46H57BN2O9. The number of pyridine rings is 2. The Kier molecular flexibility index (Phi) is 18.6. The summed E-state index contributed by atoms with van der Waals surface area (Å²) in [4.78, 5) is 34.2. The molecule has 12 heteroatoms. The molecular weight excluding hydrogens is 735 g/mol. The average molecular weight is 793 g/mol. The summed E-state index contributed by atoms with van der Waals surface area (Å²) >= 11 is 0. The van der Waals surface area contributed by atoms with Crippen LogP contribution < -0.4 is 29.2 Å². The molecule has 0 spiro atoms. The van der Waals surface area contributed by atoms with Gasteiger partial charge in [-0.15, -0.1) is 0 Å². The first-order chi connectivity index (χ1) is 27.6. The Morgan fingerprint density at radius 1 is 0.552 bits per heavy atom. The van der Waals surface area contributed by atoms with Gasteiger partial charge in [-0.2, -0.15) is 0 Å². The molecule has 0 N–H and O–H groups in total. The van der Waals surface area contributed by atoms with Crippen molar-refractivity contribution in [2.24, 2.45) is 0 Å². The molecule has 5 aromatic rings. The van der Waals surface area contributed by atoms with Crippen molar-refractivity contribution in [1.82, 2.24) is 0 Å². The molecule has 5 rings (SSSR count). The van der Waals surface area contributed by atoms with E-state index in [1.807, 2.05) is 110 Å². The second-order valence-electron chi connectivity index (χ2n) is 14.9. The molecule has 3 aromatic carbocycles. The largest absolute Gasteiger partial charge is 0.871 e. The molecule has 0 saturated heterocycles. The number of carbonyl (C=O) groups is 2. The summed E-state index contributed by atoms with van der Waals surface area (Å²) in [7, 11) is -2.23. The third-order valence-electron chi connectivity index (χ3n) is 8.15. The molecule has 0 fully saturated rings. The van der Waals surface area contributed by atoms with Gasteiger partial charge in [0.2, 0.25) is 12.4 Å². The standard InChI is InChI=1S/C22H21BO3.2C12H18NO3/c24-23(25)26-18-10-17-22(19-11-4-1-5-12-19,20-13-6-2-7-14-20)21-15-8-3-9-16-21;2*1-5-15-13-9-7-6-8-10(13)11(14)16-12(2,3)4/h1-9,11-16H,10,17-18H2;2*6-9H,5H2,1-4H3/q-2;2*+1. The lowest BCUT2D eigenvalue weighted by atomic mass is 9.67. The van der Waals surface area contributed by atoms with E-state index in [0.29, 0.717) is 31.0 Å². The van der Waals surface area contributed by atoms with Gasteiger partial charge in [0.15, 0.2) is 13.2 Å². The smallest absolute Gasteiger partial charge is 0.409 e. The number of carbonyl (C=O) groups excluding carboxylic acids is 2. The molecule has 2 aromatic heterocycles. The van der Waals surface area contributed by atoms with Crippen LogP contribution in [0.3, 0.4) is 0 Å². The first kappa shape index (κ1) is 46.8. The predicted molar refractivity (Wildman–Crippen MR) is 218 cm³/mol. The maximum absolute atomic E-state index is 11.8. The van der Waals surface area contributed by atoms with Gasteiger partial charge in [0.1, 0.15) is 11.2 Å². The Labute approximate surface area is 343 Å². The zero-order valence-corrected chi connectivity index (χ0v) is 35.0. The van der Waals surface area contributed by atoms with Crippen LogP contribution >= 0.6 is 0 Å². The molecule has 0 aliphatic rings. The van der Waals surface area contributed by atoms with E-state index < -0.39 is 18.5 Å². The van der Waals surface area contributed by atoms with Gasteiger partial charge in [0.25, 0.3) is 0 Å². The van der Waals surface area contributed by atoms with Crippen LogP contribution in [-0.4, -0.2) is 50.3 Å². The van der Waals surface area contributed by atoms with Gasteiger partial charge in [0.05, 0.1) is 7.32 Å². The topological polar surface area (TPSA) is 134 Å². The lowest BCUT2D eigenvalue weighted by Crippen LogP contribution is -2.48. The fourth-order valence-corrected chi connectivity index (χ4v) is 5.95. The van der Waals surface area contributed by atoms with Crippen molar-refractivity contribution in [2.45, 2.75) is 84.8 Å². The van der Waals surface area contributed by atoms with Crippen LogP contribution in [0.1, 0.15) is 106 Å². The molecule has 2 heterocycles. The quantitative estimate of drug-likeness (QED) is 0.0485. The van der Waals surface area contributed by atoms with Crippen LogP contribution in [0, 0.1) is 0 Å². The molecule has 0 radical (unpaired) electrons. The Bertz CT molecular complexity index is 1780. The number of hydrogen-bond acceptors (Lipinski definition) is 9. The van der Waals surface area contributed by atoms with Crippen molar-refractivity contribution in [3.8, 4) is 0 Å². The normalized spacial score (nSPS) is 11.1. The molecule has 0 saturated carbocycles. The van der Waals surface area contributed by atoms with Gasteiger partial charge < -0.3 is 24.2 Å². The fourth-order valence-electron chi connectivity index (χ4n) is 5.95. The van der Waals surface area contributed by atoms with E-state index in [-0.39, 0.29) is 24.0 Å². The molecule has 0 aliphatic heterocycles. The number of rotatable bonds is 14. The Hall–Kier alpha value is -5.56. The van der Waals surface area contributed by atoms with Crippen LogP contribution in [0.25, 0.3) is 0 Å². The van der Waals surface area contributed by atoms with Crippen molar-refractivity contribution >= 4 is 19.3 Å². The van der Waals surface area contributed by atoms with Gasteiger partial charge >= 0.3 is 23.3 Å². The Morgan fingerprint density at radius 2 is 0.897 bits per heavy atom. The predicted octanol–water partition coefficient (Wildman–Crippen LogP) is 5.28. The van der Waals surface area contributed by atoms with Crippen LogP contribution in [0.4, 0.5) is 0 Å². The fraction of sp³-hybridized carbons (Fsp3) is 0.348. The van der Waals surface area contributed by atoms with Crippen LogP contribution in [0.5, 0.6) is 0 Å². The van der Waals surface area contributed by atoms with E-state index in [2.05, 4.69) is 36.4 Å². The van der Waals surface area contributed by atoms with Crippen molar-refractivity contribution in [2.75, 3.05) is 19.8 Å². The summed E-state index contributed by atoms with van der Waals surface area (Å²) < 4.78 is 18.1. The summed E-state index contributed by atoms with van der Waals surface area (Å²) in [5.41, 5.74) is 2.94. The van der Waals surface area contributed by atoms with Crippen LogP contribution in [0.2, 0.25) is 0 Å². The number of ether oxygens (including phenoxy) is 2. The number of hydrogen-bond donors (Lipinski definition) is 0. The maximum atomic E-state index is 11.8. The second-order valence-corrected chi connectivity index (χ2v) is 14.9. The van der Waals surface area contributed by atoms with Gasteiger partial charge in [-0.25, -0.2) is 9.59 Å². The molecule has 0 bridgehead atoms. The molecule has 308 valence electrons. The van der Waals surface area contributed by atoms with Crippen molar-refractivity contribution in [3.63, 3.8) is 0 Å². The van der Waals surface area contributed by atoms with E-state index >= 15 is 0 Å². The number of aromatic nitrogens is 2. The molecule has 11 nitrogen and oxygen atoms in total. The monoisotopic (exact) mass is 792 g/mol. The molecule has 0 aliphatic carbocycles. The van der Waals surface area contributed by atoms with Gasteiger partial charge in [-0.3, -0.25) is 9.68 Å². The molecule has 58 heavy (non-hydrogen) atoms. The minimum Gasteiger partial charge on any atom is -0.871 e. The molecule has 0 amide bonds. The van der Waals surface area contributed by atoms with E-state index in [1.165, 1.54) is 26.2 Å². The highest BCUT2D eigenvalue weighted by Gasteiger charge is 2.35. The highest BCUT2D eigenvalue weighted by molar-refractivity contribution is 6.28. The number of benzene rings is 3. The summed E-state index contributed by atoms with van der Waals surface area (Å²) in [5, 5.41) is 21.4. The van der Waals surface area contributed by atoms with Crippen molar-refractivity contribution in [1.29, 1.82) is 0 Å². The van der Waals surface area contributed by atoms with Crippen LogP contribution in [0.15, 0.2) is 140 Å². The highest BCUT2D eigenvalue weighted by atomic mass is 16.7. The Morgan fingerprint density at radius 3 is 1.21 bits per heavy atom. The van der Waals surface area contributed by atoms with Crippen LogP contribution in [-0.2, 0) is 19.5 Å². The van der Waals surface area contributed by atoms with E-state index in [1.54, 1.807) is 48.8 Å². The van der Waals surface area contributed by atoms with Gasteiger partial charge in [-0.1, -0.05) is 91.0 Å². The zero-order valence-electron chi connectivity index (χ0n) is 35.0. The summed E-state index contributed by atoms with van der Waals surface area (Å²) in [6.07, 6.45) is 4.71. The van der Waals surface area contributed by atoms with Crippen molar-refractivity contribution < 1.29 is 52.9 Å². The minimum absolute atomic E-state index is 0.159. The lowest BCUT2D eigenvalue weighted by Gasteiger charge is -2.37. The summed E-state index contributed by atoms with van der Waals surface area (Å²) in [6.45, 7) is 15.9. The lowest BCUT2D eigenvalue weighted by molar-refractivity contribution is -0.892. The van der Waals surface area contributed by atoms with Gasteiger partial charge in [-0.05, 0) is 97.1 Å². The SMILES string of the molecule is CCO[n+]1ccccc1C(=O)OC(C)(C)C.CCO[n+]1ccccc1C(=O)OC(C)(C)C.[O-]B([O-])OCCCC(c1ccccc1)(c1ccccc1)c1ccccc1. The zero-order chi connectivity index (χ0) is 42.6. The van der Waals surface area contributed by atoms with E-state index in [4.69, 9.17) is 23.8 Å². The number of nitrogens with zero attached hydrogens (tertiary/aromatic N) is 2. The Balaban J connectivity index is 0.000000246. The van der Waals surface area contributed by atoms with Crippen molar-refractivity contribution in [3.05, 3.63) is 168 Å². The highest BCUT2D eigenvalue weighted by Crippen LogP contribution is 2.43. The summed E-state index contributed by atoms with van der Waals surface area (Å²) in [6, 6.07) is 41.5. The first-order valence-corrected chi connectivity index (χ1v) is 19.5. The number of esters is 2. The third kappa shape index (κ3) is 15.1. The first-order valence-electron chi connectivity index (χ1n) is 19.5. The minimum atomic E-state index is -2.23. The maximum Gasteiger partial charge on any atom is 0.409 e. The average Bonchev–Trinajstić information content (AvgIpc) is 3.19.